The summed E-state index contributed by atoms with van der Waals surface area (Å²) in [7, 11) is 1.49. The molecule has 6 nitrogen and oxygen atoms in total. The maximum atomic E-state index is 12.0. The molecule has 2 aromatic rings. The molecule has 1 heterocycles. The van der Waals surface area contributed by atoms with Gasteiger partial charge in [0.25, 0.3) is 5.56 Å². The van der Waals surface area contributed by atoms with Gasteiger partial charge < -0.3 is 14.5 Å². The van der Waals surface area contributed by atoms with E-state index in [9.17, 15) is 10.1 Å². The maximum Gasteiger partial charge on any atom is 0.270 e. The van der Waals surface area contributed by atoms with Crippen molar-refractivity contribution in [1.29, 1.82) is 5.26 Å². The number of nitriles is 1. The van der Waals surface area contributed by atoms with Crippen molar-refractivity contribution in [2.45, 2.75) is 12.1 Å². The second kappa shape index (κ2) is 7.40. The monoisotopic (exact) mass is 351 g/mol. The number of methoxy groups -OCH3 is 1. The average Bonchev–Trinajstić information content (AvgIpc) is 2.54. The van der Waals surface area contributed by atoms with E-state index in [0.717, 1.165) is 0 Å². The fourth-order valence-electron chi connectivity index (χ4n) is 2.03. The summed E-state index contributed by atoms with van der Waals surface area (Å²) in [4.78, 5) is 18.9. The topological polar surface area (TPSA) is 88.0 Å². The lowest BCUT2D eigenvalue weighted by Gasteiger charge is -2.13. The van der Waals surface area contributed by atoms with Gasteiger partial charge in [0, 0.05) is 5.56 Å². The molecule has 8 heteroatoms. The first-order chi connectivity index (χ1) is 11.0. The third kappa shape index (κ3) is 3.44. The van der Waals surface area contributed by atoms with Crippen LogP contribution in [-0.2, 0) is 0 Å². The minimum absolute atomic E-state index is 0.0773. The summed E-state index contributed by atoms with van der Waals surface area (Å²) < 4.78 is 10.8. The van der Waals surface area contributed by atoms with Crippen LogP contribution in [0.15, 0.2) is 22.1 Å². The number of rotatable bonds is 5. The van der Waals surface area contributed by atoms with Crippen LogP contribution >= 0.6 is 23.4 Å². The highest BCUT2D eigenvalue weighted by Crippen LogP contribution is 2.39. The van der Waals surface area contributed by atoms with Crippen molar-refractivity contribution in [3.63, 3.8) is 0 Å². The lowest BCUT2D eigenvalue weighted by atomic mass is 10.1. The lowest BCUT2D eigenvalue weighted by Crippen LogP contribution is -2.14. The number of nitrogens with one attached hydrogen (secondary N) is 1. The van der Waals surface area contributed by atoms with Crippen molar-refractivity contribution in [2.24, 2.45) is 0 Å². The normalized spacial score (nSPS) is 10.2. The van der Waals surface area contributed by atoms with Gasteiger partial charge in [0.15, 0.2) is 16.7 Å². The molecule has 0 aliphatic heterocycles. The maximum absolute atomic E-state index is 12.0. The summed E-state index contributed by atoms with van der Waals surface area (Å²) in [5.74, 6) is 0.819. The molecule has 23 heavy (non-hydrogen) atoms. The molecule has 120 valence electrons. The number of halogens is 1. The average molecular weight is 352 g/mol. The van der Waals surface area contributed by atoms with Gasteiger partial charge in [-0.05, 0) is 25.3 Å². The van der Waals surface area contributed by atoms with Gasteiger partial charge in [-0.25, -0.2) is 4.98 Å². The van der Waals surface area contributed by atoms with Crippen molar-refractivity contribution in [2.75, 3.05) is 20.0 Å². The zero-order chi connectivity index (χ0) is 17.0. The molecule has 0 saturated heterocycles. The number of aromatic nitrogens is 2. The van der Waals surface area contributed by atoms with Crippen molar-refractivity contribution < 1.29 is 9.47 Å². The molecule has 1 aromatic heterocycles. The first-order valence-corrected chi connectivity index (χ1v) is 8.25. The number of ether oxygens (including phenoxy) is 2. The number of thioether (sulfide) groups is 1. The SMILES string of the molecule is CCOc1cc(-c2nc(SC)[nH]c(=O)c2C#N)cc(Cl)c1OC. The van der Waals surface area contributed by atoms with Crippen LogP contribution in [0.25, 0.3) is 11.3 Å². The van der Waals surface area contributed by atoms with Crippen molar-refractivity contribution in [1.82, 2.24) is 9.97 Å². The first-order valence-electron chi connectivity index (χ1n) is 6.64. The molecule has 0 fully saturated rings. The Kier molecular flexibility index (Phi) is 5.53. The minimum Gasteiger partial charge on any atom is -0.491 e. The van der Waals surface area contributed by atoms with Gasteiger partial charge in [0.2, 0.25) is 0 Å². The number of aromatic amines is 1. The Morgan fingerprint density at radius 1 is 1.48 bits per heavy atom. The van der Waals surface area contributed by atoms with Crippen LogP contribution in [0.1, 0.15) is 12.5 Å². The molecule has 0 radical (unpaired) electrons. The van der Waals surface area contributed by atoms with Crippen LogP contribution in [0, 0.1) is 11.3 Å². The van der Waals surface area contributed by atoms with E-state index in [4.69, 9.17) is 21.1 Å². The van der Waals surface area contributed by atoms with Gasteiger partial charge >= 0.3 is 0 Å². The molecule has 0 atom stereocenters. The predicted molar refractivity (Wildman–Crippen MR) is 89.5 cm³/mol. The molecule has 0 amide bonds. The summed E-state index contributed by atoms with van der Waals surface area (Å²) in [5, 5.41) is 9.98. The van der Waals surface area contributed by atoms with Crippen LogP contribution in [0.4, 0.5) is 0 Å². The lowest BCUT2D eigenvalue weighted by molar-refractivity contribution is 0.311. The van der Waals surface area contributed by atoms with Crippen LogP contribution in [0.3, 0.4) is 0 Å². The summed E-state index contributed by atoms with van der Waals surface area (Å²) in [6.07, 6.45) is 1.78. The Hall–Kier alpha value is -2.17. The quantitative estimate of drug-likeness (QED) is 0.657. The van der Waals surface area contributed by atoms with Gasteiger partial charge in [0.1, 0.15) is 11.6 Å². The summed E-state index contributed by atoms with van der Waals surface area (Å²) in [5.41, 5.74) is 0.196. The first kappa shape index (κ1) is 17.2. The molecular weight excluding hydrogens is 338 g/mol. The van der Waals surface area contributed by atoms with Crippen LogP contribution < -0.4 is 15.0 Å². The standard InChI is InChI=1S/C15H14ClN3O3S/c1-4-22-11-6-8(5-10(16)13(11)21-2)12-9(7-17)14(20)19-15(18-12)23-3/h5-6H,4H2,1-3H3,(H,18,19,20). The zero-order valence-electron chi connectivity index (χ0n) is 12.8. The van der Waals surface area contributed by atoms with E-state index in [1.165, 1.54) is 18.9 Å². The molecule has 0 bridgehead atoms. The third-order valence-electron chi connectivity index (χ3n) is 2.99. The number of benzene rings is 1. The van der Waals surface area contributed by atoms with E-state index in [0.29, 0.717) is 33.8 Å². The fourth-order valence-corrected chi connectivity index (χ4v) is 2.69. The van der Waals surface area contributed by atoms with Gasteiger partial charge in [-0.1, -0.05) is 23.4 Å². The third-order valence-corrected chi connectivity index (χ3v) is 3.85. The van der Waals surface area contributed by atoms with Gasteiger partial charge in [-0.2, -0.15) is 5.26 Å². The molecule has 0 unspecified atom stereocenters. The van der Waals surface area contributed by atoms with Gasteiger partial charge in [0.05, 0.1) is 24.4 Å². The zero-order valence-corrected chi connectivity index (χ0v) is 14.3. The molecule has 0 aliphatic carbocycles. The molecule has 2 rings (SSSR count). The summed E-state index contributed by atoms with van der Waals surface area (Å²) >= 11 is 7.49. The molecule has 1 aromatic carbocycles. The highest BCUT2D eigenvalue weighted by Gasteiger charge is 2.18. The van der Waals surface area contributed by atoms with Crippen LogP contribution in [0.2, 0.25) is 5.02 Å². The Morgan fingerprint density at radius 3 is 2.78 bits per heavy atom. The second-order valence-corrected chi connectivity index (χ2v) is 5.54. The molecule has 0 spiro atoms. The smallest absolute Gasteiger partial charge is 0.270 e. The summed E-state index contributed by atoms with van der Waals surface area (Å²) in [6.45, 7) is 2.25. The number of nitrogens with zero attached hydrogens (tertiary/aromatic N) is 2. The van der Waals surface area contributed by atoms with Crippen molar-refractivity contribution in [3.8, 4) is 28.8 Å². The van der Waals surface area contributed by atoms with E-state index in [-0.39, 0.29) is 11.3 Å². The highest BCUT2D eigenvalue weighted by molar-refractivity contribution is 7.98. The van der Waals surface area contributed by atoms with E-state index >= 15 is 0 Å². The fraction of sp³-hybridized carbons (Fsp3) is 0.267. The van der Waals surface area contributed by atoms with Crippen molar-refractivity contribution >= 4 is 23.4 Å². The predicted octanol–water partition coefficient (Wildman–Crippen LogP) is 3.09. The molecular formula is C15H14ClN3O3S. The van der Waals surface area contributed by atoms with Crippen molar-refractivity contribution in [3.05, 3.63) is 33.1 Å². The molecule has 0 aliphatic rings. The second-order valence-electron chi connectivity index (χ2n) is 4.33. The van der Waals surface area contributed by atoms with Crippen LogP contribution in [0.5, 0.6) is 11.5 Å². The Labute approximate surface area is 142 Å². The highest BCUT2D eigenvalue weighted by atomic mass is 35.5. The largest absolute Gasteiger partial charge is 0.491 e. The van der Waals surface area contributed by atoms with Gasteiger partial charge in [-0.15, -0.1) is 0 Å². The van der Waals surface area contributed by atoms with E-state index in [1.54, 1.807) is 18.4 Å². The minimum atomic E-state index is -0.494. The Bertz CT molecular complexity index is 830. The van der Waals surface area contributed by atoms with E-state index in [2.05, 4.69) is 9.97 Å². The van der Waals surface area contributed by atoms with E-state index < -0.39 is 5.56 Å². The van der Waals surface area contributed by atoms with Crippen LogP contribution in [-0.4, -0.2) is 29.9 Å². The Morgan fingerprint density at radius 2 is 2.22 bits per heavy atom. The molecule has 1 N–H and O–H groups in total. The molecule has 0 saturated carbocycles. The van der Waals surface area contributed by atoms with E-state index in [1.807, 2.05) is 13.0 Å². The number of hydrogen-bond acceptors (Lipinski definition) is 6. The number of hydrogen-bond donors (Lipinski definition) is 1. The Balaban J connectivity index is 2.74. The van der Waals surface area contributed by atoms with Gasteiger partial charge in [-0.3, -0.25) is 4.79 Å². The summed E-state index contributed by atoms with van der Waals surface area (Å²) in [6, 6.07) is 5.13. The number of H-pyrrole nitrogens is 1.